The predicted molar refractivity (Wildman–Crippen MR) is 96.1 cm³/mol. The maximum absolute atomic E-state index is 7.77. The third-order valence-corrected chi connectivity index (χ3v) is 4.58. The molecule has 0 saturated carbocycles. The Morgan fingerprint density at radius 2 is 1.79 bits per heavy atom. The standard InChI is InChI=1S/C21H17N2O/c1-13-8-7-9-15-16-12-14(2)18(17-10-5-6-11-23(17)4)19(22-3)21(16)24-20(13)15/h5-12H,1-2,4H3/q+1. The first-order chi connectivity index (χ1) is 11.6. The van der Waals surface area contributed by atoms with Gasteiger partial charge in [0.1, 0.15) is 18.2 Å². The Kier molecular flexibility index (Phi) is 3.14. The number of nitrogens with zero attached hydrogens (tertiary/aromatic N) is 2. The van der Waals surface area contributed by atoms with Gasteiger partial charge in [-0.25, -0.2) is 9.41 Å². The van der Waals surface area contributed by atoms with E-state index in [1.807, 2.05) is 55.1 Å². The van der Waals surface area contributed by atoms with Crippen LogP contribution in [0.25, 0.3) is 38.0 Å². The lowest BCUT2D eigenvalue weighted by Crippen LogP contribution is -2.30. The van der Waals surface area contributed by atoms with E-state index in [4.69, 9.17) is 11.0 Å². The molecule has 4 aromatic rings. The average Bonchev–Trinajstić information content (AvgIpc) is 2.94. The van der Waals surface area contributed by atoms with E-state index in [9.17, 15) is 0 Å². The van der Waals surface area contributed by atoms with Crippen molar-refractivity contribution in [2.75, 3.05) is 0 Å². The molecule has 2 heterocycles. The summed E-state index contributed by atoms with van der Waals surface area (Å²) in [5.74, 6) is 0. The first kappa shape index (κ1) is 14.5. The summed E-state index contributed by atoms with van der Waals surface area (Å²) in [5, 5.41) is 2.08. The zero-order valence-corrected chi connectivity index (χ0v) is 13.9. The zero-order chi connectivity index (χ0) is 16.8. The molecule has 3 heteroatoms. The van der Waals surface area contributed by atoms with E-state index in [0.29, 0.717) is 11.3 Å². The van der Waals surface area contributed by atoms with E-state index < -0.39 is 0 Å². The normalized spacial score (nSPS) is 11.1. The van der Waals surface area contributed by atoms with Crippen molar-refractivity contribution in [3.63, 3.8) is 0 Å². The Morgan fingerprint density at radius 3 is 2.54 bits per heavy atom. The van der Waals surface area contributed by atoms with Crippen molar-refractivity contribution < 1.29 is 8.98 Å². The van der Waals surface area contributed by atoms with Gasteiger partial charge in [-0.2, -0.15) is 0 Å². The molecule has 2 aromatic carbocycles. The van der Waals surface area contributed by atoms with Gasteiger partial charge in [0.25, 0.3) is 0 Å². The van der Waals surface area contributed by atoms with Gasteiger partial charge in [0.2, 0.25) is 11.4 Å². The van der Waals surface area contributed by atoms with Gasteiger partial charge in [-0.3, -0.25) is 0 Å². The molecule has 3 nitrogen and oxygen atoms in total. The number of fused-ring (bicyclic) bond motifs is 3. The largest absolute Gasteiger partial charge is 0.467 e. The van der Waals surface area contributed by atoms with Crippen LogP contribution in [0.3, 0.4) is 0 Å². The lowest BCUT2D eigenvalue weighted by Gasteiger charge is -2.07. The van der Waals surface area contributed by atoms with Crippen molar-refractivity contribution >= 4 is 27.6 Å². The molecule has 0 atom stereocenters. The van der Waals surface area contributed by atoms with E-state index in [1.54, 1.807) is 0 Å². The summed E-state index contributed by atoms with van der Waals surface area (Å²) in [6.45, 7) is 11.9. The fourth-order valence-electron chi connectivity index (χ4n) is 3.40. The van der Waals surface area contributed by atoms with Crippen molar-refractivity contribution in [3.05, 3.63) is 71.2 Å². The molecule has 0 fully saturated rings. The number of aryl methyl sites for hydroxylation is 3. The molecule has 0 aliphatic rings. The topological polar surface area (TPSA) is 21.4 Å². The Morgan fingerprint density at radius 1 is 0.958 bits per heavy atom. The second kappa shape index (κ2) is 5.21. The number of benzene rings is 2. The molecular formula is C21H17N2O+. The van der Waals surface area contributed by atoms with E-state index in [1.165, 1.54) is 0 Å². The van der Waals surface area contributed by atoms with Crippen LogP contribution in [0.1, 0.15) is 11.1 Å². The lowest BCUT2D eigenvalue weighted by atomic mass is 9.98. The molecular weight excluding hydrogens is 296 g/mol. The van der Waals surface area contributed by atoms with E-state index in [2.05, 4.69) is 23.9 Å². The smallest absolute Gasteiger partial charge is 0.243 e. The molecule has 0 unspecified atom stereocenters. The number of hydrogen-bond donors (Lipinski definition) is 0. The van der Waals surface area contributed by atoms with E-state index in [-0.39, 0.29) is 0 Å². The van der Waals surface area contributed by atoms with Gasteiger partial charge in [-0.05, 0) is 37.1 Å². The third-order valence-electron chi connectivity index (χ3n) is 4.58. The van der Waals surface area contributed by atoms with Crippen LogP contribution >= 0.6 is 0 Å². The van der Waals surface area contributed by atoms with Crippen molar-refractivity contribution in [1.29, 1.82) is 0 Å². The maximum atomic E-state index is 7.77. The fraction of sp³-hybridized carbons (Fsp3) is 0.143. The summed E-state index contributed by atoms with van der Waals surface area (Å²) in [5.41, 5.74) is 6.26. The summed E-state index contributed by atoms with van der Waals surface area (Å²) in [7, 11) is 2.00. The van der Waals surface area contributed by atoms with Crippen molar-refractivity contribution in [1.82, 2.24) is 0 Å². The average molecular weight is 313 g/mol. The highest BCUT2D eigenvalue weighted by Gasteiger charge is 2.23. The highest BCUT2D eigenvalue weighted by Crippen LogP contribution is 2.43. The summed E-state index contributed by atoms with van der Waals surface area (Å²) < 4.78 is 8.18. The van der Waals surface area contributed by atoms with E-state index in [0.717, 1.165) is 38.7 Å². The maximum Gasteiger partial charge on any atom is 0.243 e. The van der Waals surface area contributed by atoms with Crippen LogP contribution in [0.2, 0.25) is 0 Å². The number of para-hydroxylation sites is 1. The molecule has 0 aliphatic carbocycles. The second-order valence-electron chi connectivity index (χ2n) is 6.16. The molecule has 116 valence electrons. The summed E-state index contributed by atoms with van der Waals surface area (Å²) in [6, 6.07) is 14.3. The van der Waals surface area contributed by atoms with Crippen LogP contribution < -0.4 is 4.57 Å². The Hall–Kier alpha value is -3.12. The molecule has 2 aromatic heterocycles. The van der Waals surface area contributed by atoms with Crippen LogP contribution in [-0.4, -0.2) is 0 Å². The van der Waals surface area contributed by atoms with Gasteiger partial charge in [0.05, 0.1) is 12.1 Å². The number of hydrogen-bond acceptors (Lipinski definition) is 1. The molecule has 0 radical (unpaired) electrons. The zero-order valence-electron chi connectivity index (χ0n) is 13.9. The molecule has 0 amide bonds. The Balaban J connectivity index is 2.20. The van der Waals surface area contributed by atoms with E-state index >= 15 is 0 Å². The van der Waals surface area contributed by atoms with Gasteiger partial charge in [-0.15, -0.1) is 0 Å². The quantitative estimate of drug-likeness (QED) is 0.347. The van der Waals surface area contributed by atoms with Crippen LogP contribution in [0, 0.1) is 20.4 Å². The lowest BCUT2D eigenvalue weighted by molar-refractivity contribution is -0.660. The number of furan rings is 1. The van der Waals surface area contributed by atoms with Gasteiger partial charge >= 0.3 is 0 Å². The van der Waals surface area contributed by atoms with Crippen LogP contribution in [-0.2, 0) is 7.05 Å². The van der Waals surface area contributed by atoms with Gasteiger partial charge < -0.3 is 4.42 Å². The summed E-state index contributed by atoms with van der Waals surface area (Å²) in [6.07, 6.45) is 2.00. The first-order valence-electron chi connectivity index (χ1n) is 7.89. The van der Waals surface area contributed by atoms with Crippen molar-refractivity contribution in [2.24, 2.45) is 7.05 Å². The molecule has 0 aliphatic heterocycles. The number of rotatable bonds is 1. The van der Waals surface area contributed by atoms with Crippen LogP contribution in [0.15, 0.2) is 53.1 Å². The van der Waals surface area contributed by atoms with Gasteiger partial charge in [0.15, 0.2) is 6.20 Å². The highest BCUT2D eigenvalue weighted by atomic mass is 16.3. The SMILES string of the molecule is [C-]#[N+]c1c(-c2cccc[n+]2C)c(C)cc2c1oc1c(C)cccc12. The number of aromatic nitrogens is 1. The number of pyridine rings is 1. The van der Waals surface area contributed by atoms with Crippen molar-refractivity contribution in [3.8, 4) is 11.3 Å². The monoisotopic (exact) mass is 313 g/mol. The molecule has 0 spiro atoms. The predicted octanol–water partition coefficient (Wildman–Crippen LogP) is 5.25. The minimum absolute atomic E-state index is 0.586. The fourth-order valence-corrected chi connectivity index (χ4v) is 3.40. The summed E-state index contributed by atoms with van der Waals surface area (Å²) >= 11 is 0. The van der Waals surface area contributed by atoms with Gasteiger partial charge in [-0.1, -0.05) is 18.2 Å². The minimum Gasteiger partial charge on any atom is -0.467 e. The van der Waals surface area contributed by atoms with Gasteiger partial charge in [0, 0.05) is 22.9 Å². The molecule has 4 rings (SSSR count). The second-order valence-corrected chi connectivity index (χ2v) is 6.16. The van der Waals surface area contributed by atoms with Crippen molar-refractivity contribution in [2.45, 2.75) is 13.8 Å². The Labute approximate surface area is 140 Å². The molecule has 0 bridgehead atoms. The minimum atomic E-state index is 0.586. The molecule has 0 saturated heterocycles. The third kappa shape index (κ3) is 1.93. The van der Waals surface area contributed by atoms with Crippen LogP contribution in [0.5, 0.6) is 0 Å². The summed E-state index contributed by atoms with van der Waals surface area (Å²) in [4.78, 5) is 3.84. The highest BCUT2D eigenvalue weighted by molar-refractivity contribution is 6.13. The van der Waals surface area contributed by atoms with Crippen LogP contribution in [0.4, 0.5) is 5.69 Å². The first-order valence-corrected chi connectivity index (χ1v) is 7.89. The molecule has 0 N–H and O–H groups in total. The molecule has 24 heavy (non-hydrogen) atoms. The Bertz CT molecular complexity index is 1150.